The maximum absolute atomic E-state index is 10.1. The lowest BCUT2D eigenvalue weighted by molar-refractivity contribution is 0.178. The molecule has 3 heteroatoms. The lowest BCUT2D eigenvalue weighted by Crippen LogP contribution is -2.01. The van der Waals surface area contributed by atoms with Gasteiger partial charge in [0.05, 0.1) is 13.2 Å². The SMILES string of the molecule is COc1ccc(CC(O)c2ccc(Br)cc2)cc1. The van der Waals surface area contributed by atoms with E-state index in [0.717, 1.165) is 21.3 Å². The van der Waals surface area contributed by atoms with Crippen LogP contribution in [0.5, 0.6) is 5.75 Å². The fraction of sp³-hybridized carbons (Fsp3) is 0.200. The number of halogens is 1. The third-order valence-electron chi connectivity index (χ3n) is 2.84. The van der Waals surface area contributed by atoms with E-state index in [0.29, 0.717) is 6.42 Å². The topological polar surface area (TPSA) is 29.5 Å². The van der Waals surface area contributed by atoms with Gasteiger partial charge in [-0.25, -0.2) is 0 Å². The van der Waals surface area contributed by atoms with Gasteiger partial charge in [0.25, 0.3) is 0 Å². The molecule has 0 aliphatic carbocycles. The molecule has 0 radical (unpaired) electrons. The monoisotopic (exact) mass is 306 g/mol. The van der Waals surface area contributed by atoms with Crippen molar-refractivity contribution in [2.45, 2.75) is 12.5 Å². The lowest BCUT2D eigenvalue weighted by Gasteiger charge is -2.11. The molecule has 2 aromatic carbocycles. The molecular weight excluding hydrogens is 292 g/mol. The van der Waals surface area contributed by atoms with Crippen LogP contribution in [0.2, 0.25) is 0 Å². The van der Waals surface area contributed by atoms with Crippen molar-refractivity contribution in [3.63, 3.8) is 0 Å². The van der Waals surface area contributed by atoms with Crippen molar-refractivity contribution in [3.05, 3.63) is 64.1 Å². The first kappa shape index (κ1) is 13.1. The maximum Gasteiger partial charge on any atom is 0.118 e. The van der Waals surface area contributed by atoms with Crippen LogP contribution in [0.1, 0.15) is 17.2 Å². The van der Waals surface area contributed by atoms with Crippen molar-refractivity contribution in [2.75, 3.05) is 7.11 Å². The molecule has 0 fully saturated rings. The molecule has 1 N–H and O–H groups in total. The van der Waals surface area contributed by atoms with Gasteiger partial charge in [-0.05, 0) is 35.4 Å². The molecule has 2 rings (SSSR count). The summed E-state index contributed by atoms with van der Waals surface area (Å²) in [6, 6.07) is 15.5. The van der Waals surface area contributed by atoms with Gasteiger partial charge in [-0.3, -0.25) is 0 Å². The minimum Gasteiger partial charge on any atom is -0.497 e. The summed E-state index contributed by atoms with van der Waals surface area (Å²) in [5.41, 5.74) is 2.01. The summed E-state index contributed by atoms with van der Waals surface area (Å²) in [5, 5.41) is 10.1. The summed E-state index contributed by atoms with van der Waals surface area (Å²) in [6.45, 7) is 0. The highest BCUT2D eigenvalue weighted by Crippen LogP contribution is 2.21. The summed E-state index contributed by atoms with van der Waals surface area (Å²) in [4.78, 5) is 0. The summed E-state index contributed by atoms with van der Waals surface area (Å²) in [7, 11) is 1.64. The number of hydrogen-bond donors (Lipinski definition) is 1. The summed E-state index contributed by atoms with van der Waals surface area (Å²) in [5.74, 6) is 0.830. The van der Waals surface area contributed by atoms with Crippen molar-refractivity contribution >= 4 is 15.9 Å². The van der Waals surface area contributed by atoms with Crippen LogP contribution in [0.25, 0.3) is 0 Å². The van der Waals surface area contributed by atoms with E-state index in [4.69, 9.17) is 4.74 Å². The van der Waals surface area contributed by atoms with Gasteiger partial charge in [0.15, 0.2) is 0 Å². The highest BCUT2D eigenvalue weighted by atomic mass is 79.9. The molecule has 0 heterocycles. The van der Waals surface area contributed by atoms with Gasteiger partial charge < -0.3 is 9.84 Å². The van der Waals surface area contributed by atoms with E-state index in [1.165, 1.54) is 0 Å². The maximum atomic E-state index is 10.1. The Labute approximate surface area is 115 Å². The Morgan fingerprint density at radius 3 is 2.22 bits per heavy atom. The van der Waals surface area contributed by atoms with Crippen molar-refractivity contribution in [3.8, 4) is 5.75 Å². The Balaban J connectivity index is 2.05. The van der Waals surface area contributed by atoms with Crippen molar-refractivity contribution < 1.29 is 9.84 Å². The Morgan fingerprint density at radius 2 is 1.67 bits per heavy atom. The Morgan fingerprint density at radius 1 is 1.06 bits per heavy atom. The Kier molecular flexibility index (Phi) is 4.39. The molecule has 0 saturated carbocycles. The van der Waals surface area contributed by atoms with Crippen LogP contribution in [0.4, 0.5) is 0 Å². The normalized spacial score (nSPS) is 12.2. The van der Waals surface area contributed by atoms with Crippen LogP contribution in [-0.4, -0.2) is 12.2 Å². The van der Waals surface area contributed by atoms with Crippen molar-refractivity contribution in [1.29, 1.82) is 0 Å². The number of aliphatic hydroxyl groups is 1. The highest BCUT2D eigenvalue weighted by Gasteiger charge is 2.08. The predicted octanol–water partition coefficient (Wildman–Crippen LogP) is 3.73. The van der Waals surface area contributed by atoms with E-state index in [1.54, 1.807) is 7.11 Å². The van der Waals surface area contributed by atoms with E-state index in [2.05, 4.69) is 15.9 Å². The van der Waals surface area contributed by atoms with Crippen molar-refractivity contribution in [2.24, 2.45) is 0 Å². The molecule has 0 spiro atoms. The van der Waals surface area contributed by atoms with Crippen LogP contribution in [0, 0.1) is 0 Å². The second-order valence-corrected chi connectivity index (χ2v) is 5.04. The van der Waals surface area contributed by atoms with E-state index in [1.807, 2.05) is 48.5 Å². The lowest BCUT2D eigenvalue weighted by atomic mass is 10.0. The summed E-state index contributed by atoms with van der Waals surface area (Å²) < 4.78 is 6.12. The first-order chi connectivity index (χ1) is 8.69. The van der Waals surface area contributed by atoms with Crippen LogP contribution in [-0.2, 0) is 6.42 Å². The second kappa shape index (κ2) is 6.03. The molecule has 94 valence electrons. The summed E-state index contributed by atoms with van der Waals surface area (Å²) in [6.07, 6.45) is 0.123. The molecular formula is C15H15BrO2. The van der Waals surface area contributed by atoms with Crippen molar-refractivity contribution in [1.82, 2.24) is 0 Å². The molecule has 0 amide bonds. The smallest absolute Gasteiger partial charge is 0.118 e. The van der Waals surface area contributed by atoms with E-state index in [9.17, 15) is 5.11 Å². The predicted molar refractivity (Wildman–Crippen MR) is 75.8 cm³/mol. The molecule has 0 aliphatic rings. The molecule has 2 nitrogen and oxygen atoms in total. The fourth-order valence-corrected chi connectivity index (χ4v) is 2.05. The zero-order valence-corrected chi connectivity index (χ0v) is 11.7. The molecule has 18 heavy (non-hydrogen) atoms. The number of aliphatic hydroxyl groups excluding tert-OH is 1. The number of methoxy groups -OCH3 is 1. The fourth-order valence-electron chi connectivity index (χ4n) is 1.79. The molecule has 2 aromatic rings. The number of rotatable bonds is 4. The standard InChI is InChI=1S/C15H15BrO2/c1-18-14-8-2-11(3-9-14)10-15(17)12-4-6-13(16)7-5-12/h2-9,15,17H,10H2,1H3. The molecule has 0 aromatic heterocycles. The van der Waals surface area contributed by atoms with Crippen LogP contribution < -0.4 is 4.74 Å². The van der Waals surface area contributed by atoms with E-state index < -0.39 is 6.10 Å². The largest absolute Gasteiger partial charge is 0.497 e. The Hall–Kier alpha value is -1.32. The van der Waals surface area contributed by atoms with Crippen LogP contribution >= 0.6 is 15.9 Å². The number of ether oxygens (including phenoxy) is 1. The molecule has 0 aliphatic heterocycles. The van der Waals surface area contributed by atoms with E-state index >= 15 is 0 Å². The van der Waals surface area contributed by atoms with Gasteiger partial charge in [0, 0.05) is 10.9 Å². The third-order valence-corrected chi connectivity index (χ3v) is 3.37. The van der Waals surface area contributed by atoms with Gasteiger partial charge in [-0.1, -0.05) is 40.2 Å². The average molecular weight is 307 g/mol. The van der Waals surface area contributed by atoms with Gasteiger partial charge >= 0.3 is 0 Å². The molecule has 0 bridgehead atoms. The Bertz CT molecular complexity index is 491. The number of benzene rings is 2. The van der Waals surface area contributed by atoms with Gasteiger partial charge in [0.1, 0.15) is 5.75 Å². The first-order valence-corrected chi connectivity index (χ1v) is 6.55. The third kappa shape index (κ3) is 3.34. The van der Waals surface area contributed by atoms with Gasteiger partial charge in [-0.15, -0.1) is 0 Å². The quantitative estimate of drug-likeness (QED) is 0.932. The zero-order chi connectivity index (χ0) is 13.0. The van der Waals surface area contributed by atoms with E-state index in [-0.39, 0.29) is 0 Å². The van der Waals surface area contributed by atoms with Gasteiger partial charge in [-0.2, -0.15) is 0 Å². The van der Waals surface area contributed by atoms with Gasteiger partial charge in [0.2, 0.25) is 0 Å². The second-order valence-electron chi connectivity index (χ2n) is 4.12. The van der Waals surface area contributed by atoms with Crippen LogP contribution in [0.3, 0.4) is 0 Å². The first-order valence-electron chi connectivity index (χ1n) is 5.75. The molecule has 1 unspecified atom stereocenters. The zero-order valence-electron chi connectivity index (χ0n) is 10.1. The minimum atomic E-state index is -0.480. The average Bonchev–Trinajstić information content (AvgIpc) is 2.40. The molecule has 1 atom stereocenters. The summed E-state index contributed by atoms with van der Waals surface area (Å²) >= 11 is 3.38. The highest BCUT2D eigenvalue weighted by molar-refractivity contribution is 9.10. The minimum absolute atomic E-state index is 0.480. The number of hydrogen-bond acceptors (Lipinski definition) is 2. The van der Waals surface area contributed by atoms with Crippen LogP contribution in [0.15, 0.2) is 53.0 Å². The molecule has 0 saturated heterocycles.